The van der Waals surface area contributed by atoms with E-state index in [0.717, 1.165) is 8.45 Å². The van der Waals surface area contributed by atoms with Crippen LogP contribution in [-0.4, -0.2) is 0 Å². The maximum Gasteiger partial charge on any atom is -1.00 e. The second kappa shape index (κ2) is 12.4. The van der Waals surface area contributed by atoms with Crippen molar-refractivity contribution in [2.75, 3.05) is 0 Å². The number of hydrogen-bond donors (Lipinski definition) is 0. The molecule has 4 aliphatic rings. The van der Waals surface area contributed by atoms with Crippen LogP contribution in [-0.2, 0) is 16.6 Å². The Balaban J connectivity index is 0.00000174. The van der Waals surface area contributed by atoms with Crippen LogP contribution in [0.5, 0.6) is 0 Å². The van der Waals surface area contributed by atoms with Crippen molar-refractivity contribution in [3.63, 3.8) is 0 Å². The van der Waals surface area contributed by atoms with Crippen molar-refractivity contribution in [3.8, 4) is 22.3 Å². The Bertz CT molecular complexity index is 2150. The third-order valence-corrected chi connectivity index (χ3v) is 23.7. The van der Waals surface area contributed by atoms with Crippen LogP contribution in [0.1, 0.15) is 70.2 Å². The molecule has 4 atom stereocenters. The molecule has 1 heterocycles. The van der Waals surface area contributed by atoms with Gasteiger partial charge in [-0.25, -0.2) is 0 Å². The maximum absolute atomic E-state index is 2.65. The minimum absolute atomic E-state index is 0. The predicted molar refractivity (Wildman–Crippen MR) is 198 cm³/mol. The Morgan fingerprint density at radius 2 is 0.837 bits per heavy atom. The Morgan fingerprint density at radius 1 is 0.449 bits per heavy atom. The zero-order valence-electron chi connectivity index (χ0n) is 28.1. The first kappa shape index (κ1) is 32.8. The van der Waals surface area contributed by atoms with Gasteiger partial charge in [0.25, 0.3) is 0 Å². The van der Waals surface area contributed by atoms with Gasteiger partial charge in [-0.1, -0.05) is 0 Å². The van der Waals surface area contributed by atoms with Gasteiger partial charge in [0.05, 0.1) is 0 Å². The fourth-order valence-corrected chi connectivity index (χ4v) is 25.2. The van der Waals surface area contributed by atoms with E-state index >= 15 is 0 Å². The molecule has 1 saturated heterocycles. The SMILES string of the molecule is CC1=Cc2c(-c3cccc4ccccc34)cccc2[CH]1[Ti+2]1([CH]2C(C)=Cc3c(-c4cccc5ccccc45)cccc32)[CH]2CCCC[CH]21.[Cl-].[Cl-]. The topological polar surface area (TPSA) is 0 Å². The third-order valence-electron chi connectivity index (χ3n) is 12.7. The van der Waals surface area contributed by atoms with Crippen LogP contribution in [0.4, 0.5) is 0 Å². The number of hydrogen-bond acceptors (Lipinski definition) is 0. The van der Waals surface area contributed by atoms with Crippen LogP contribution in [0, 0.1) is 0 Å². The summed E-state index contributed by atoms with van der Waals surface area (Å²) in [7, 11) is 0. The minimum Gasteiger partial charge on any atom is -1.00 e. The number of benzene rings is 6. The van der Waals surface area contributed by atoms with Gasteiger partial charge in [0.2, 0.25) is 0 Å². The first-order chi connectivity index (χ1) is 23.2. The predicted octanol–water partition coefficient (Wildman–Crippen LogP) is 7.27. The maximum atomic E-state index is 2.62. The molecule has 0 bridgehead atoms. The molecular weight excluding hydrogens is 671 g/mol. The standard InChI is InChI=1S/2C20H15.C6H10.2ClH.Ti/c2*1-14-12-16-8-5-11-19(20(16)13-14)18-10-4-7-15-6-2-3-9-17(15)18;1-2-4-6-5-3-1;;;/h2*2-13H,1H3;1-2H,3-6H2;2*1H;/q;;;;;+2/p-2. The van der Waals surface area contributed by atoms with Crippen molar-refractivity contribution in [3.05, 3.63) is 155 Å². The van der Waals surface area contributed by atoms with Gasteiger partial charge in [0, 0.05) is 0 Å². The molecule has 0 N–H and O–H groups in total. The van der Waals surface area contributed by atoms with Crippen LogP contribution in [0.3, 0.4) is 0 Å². The summed E-state index contributed by atoms with van der Waals surface area (Å²) in [4.78, 5) is 0. The summed E-state index contributed by atoms with van der Waals surface area (Å²) < 4.78 is 3.19. The molecule has 6 aromatic carbocycles. The van der Waals surface area contributed by atoms with E-state index in [2.05, 4.69) is 147 Å². The van der Waals surface area contributed by atoms with Crippen LogP contribution >= 0.6 is 0 Å². The first-order valence-corrected chi connectivity index (χ1v) is 21.4. The molecule has 0 amide bonds. The Morgan fingerprint density at radius 3 is 1.31 bits per heavy atom. The summed E-state index contributed by atoms with van der Waals surface area (Å²) in [6.45, 7) is 4.99. The first-order valence-electron chi connectivity index (χ1n) is 17.7. The van der Waals surface area contributed by atoms with Gasteiger partial charge >= 0.3 is 284 Å². The van der Waals surface area contributed by atoms with E-state index in [0.29, 0.717) is 8.45 Å². The number of fused-ring (bicyclic) bond motifs is 5. The molecule has 3 heteroatoms. The molecule has 0 radical (unpaired) electrons. The fourth-order valence-electron chi connectivity index (χ4n) is 11.1. The average Bonchev–Trinajstić information content (AvgIpc) is 3.42. The molecular formula is C46H40Cl2Ti. The van der Waals surface area contributed by atoms with Gasteiger partial charge in [-0.3, -0.25) is 0 Å². The van der Waals surface area contributed by atoms with Gasteiger partial charge in [-0.2, -0.15) is 0 Å². The average molecular weight is 712 g/mol. The second-order valence-electron chi connectivity index (χ2n) is 14.8. The van der Waals surface area contributed by atoms with E-state index in [1.54, 1.807) is 22.3 Å². The molecule has 4 unspecified atom stereocenters. The van der Waals surface area contributed by atoms with Crippen LogP contribution in [0.25, 0.3) is 56.0 Å². The summed E-state index contributed by atoms with van der Waals surface area (Å²) >= 11 is -2.65. The summed E-state index contributed by atoms with van der Waals surface area (Å²) in [5.41, 5.74) is 15.2. The Labute approximate surface area is 306 Å². The van der Waals surface area contributed by atoms with Crippen molar-refractivity contribution in [1.82, 2.24) is 0 Å². The van der Waals surface area contributed by atoms with Gasteiger partial charge < -0.3 is 24.8 Å². The van der Waals surface area contributed by atoms with Crippen LogP contribution < -0.4 is 24.8 Å². The molecule has 242 valence electrons. The molecule has 0 nitrogen and oxygen atoms in total. The van der Waals surface area contributed by atoms with E-state index in [9.17, 15) is 0 Å². The van der Waals surface area contributed by atoms with Crippen LogP contribution in [0.15, 0.2) is 132 Å². The summed E-state index contributed by atoms with van der Waals surface area (Å²) in [5.74, 6) is 0. The van der Waals surface area contributed by atoms with Gasteiger partial charge in [0.1, 0.15) is 0 Å². The van der Waals surface area contributed by atoms with Crippen molar-refractivity contribution < 1.29 is 41.4 Å². The number of rotatable bonds is 4. The summed E-state index contributed by atoms with van der Waals surface area (Å²) in [6.07, 6.45) is 11.0. The normalized spacial score (nSPS) is 23.3. The van der Waals surface area contributed by atoms with E-state index in [-0.39, 0.29) is 24.8 Å². The zero-order chi connectivity index (χ0) is 31.3. The number of allylic oxidation sites excluding steroid dienone is 2. The Hall–Kier alpha value is -3.39. The van der Waals surface area contributed by atoms with Gasteiger partial charge in [-0.05, 0) is 0 Å². The smallest absolute Gasteiger partial charge is 1.00 e. The Kier molecular flexibility index (Phi) is 8.32. The summed E-state index contributed by atoms with van der Waals surface area (Å²) in [6, 6.07) is 46.1. The molecule has 1 aliphatic heterocycles. The van der Waals surface area contributed by atoms with Gasteiger partial charge in [0.15, 0.2) is 0 Å². The third kappa shape index (κ3) is 4.68. The second-order valence-corrected chi connectivity index (χ2v) is 22.1. The molecule has 49 heavy (non-hydrogen) atoms. The molecule has 0 aromatic heterocycles. The van der Waals surface area contributed by atoms with E-state index in [4.69, 9.17) is 0 Å². The molecule has 3 aliphatic carbocycles. The minimum atomic E-state index is -2.65. The molecule has 0 spiro atoms. The summed E-state index contributed by atoms with van der Waals surface area (Å²) in [5, 5.41) is 5.37. The van der Waals surface area contributed by atoms with Crippen molar-refractivity contribution in [2.24, 2.45) is 0 Å². The zero-order valence-corrected chi connectivity index (χ0v) is 31.2. The molecule has 6 aromatic rings. The quantitative estimate of drug-likeness (QED) is 0.169. The molecule has 2 fully saturated rings. The van der Waals surface area contributed by atoms with Crippen molar-refractivity contribution in [1.29, 1.82) is 0 Å². The van der Waals surface area contributed by atoms with E-state index in [1.165, 1.54) is 80.6 Å². The van der Waals surface area contributed by atoms with E-state index in [1.807, 2.05) is 0 Å². The largest absolute Gasteiger partial charge is 1.00 e. The molecule has 1 saturated carbocycles. The number of halogens is 2. The fraction of sp³-hybridized carbons (Fsp3) is 0.217. The van der Waals surface area contributed by atoms with E-state index < -0.39 is 16.6 Å². The van der Waals surface area contributed by atoms with Crippen molar-refractivity contribution in [2.45, 2.75) is 56.4 Å². The monoisotopic (exact) mass is 710 g/mol. The van der Waals surface area contributed by atoms with Crippen LogP contribution in [0.2, 0.25) is 8.45 Å². The van der Waals surface area contributed by atoms with Crippen molar-refractivity contribution >= 4 is 33.7 Å². The molecule has 10 rings (SSSR count). The van der Waals surface area contributed by atoms with Gasteiger partial charge in [-0.15, -0.1) is 0 Å².